The fourth-order valence-corrected chi connectivity index (χ4v) is 3.07. The van der Waals surface area contributed by atoms with E-state index in [2.05, 4.69) is 65.2 Å². The third-order valence-corrected chi connectivity index (χ3v) is 4.12. The smallest absolute Gasteiger partial charge is 0.183 e. The molecule has 0 fully saturated rings. The monoisotopic (exact) mass is 283 g/mol. The molecule has 0 radical (unpaired) electrons. The average molecular weight is 283 g/mol. The molecule has 1 N–H and O–H groups in total. The molecule has 0 aliphatic rings. The number of hydrogen-bond donors (Lipinski definition) is 1. The molecular formula is C16H17N3S. The van der Waals surface area contributed by atoms with Gasteiger partial charge in [0.25, 0.3) is 0 Å². The number of fused-ring (bicyclic) bond motifs is 1. The SMILES string of the molecule is C=CCNc1nc(-c2cn(C)c3ccc(C)cc23)cs1. The van der Waals surface area contributed by atoms with Gasteiger partial charge in [0.05, 0.1) is 5.69 Å². The number of thiazole rings is 1. The Morgan fingerprint density at radius 1 is 1.45 bits per heavy atom. The highest BCUT2D eigenvalue weighted by atomic mass is 32.1. The molecular weight excluding hydrogens is 266 g/mol. The van der Waals surface area contributed by atoms with Crippen LogP contribution in [0.4, 0.5) is 5.13 Å². The average Bonchev–Trinajstić information content (AvgIpc) is 3.01. The fourth-order valence-electron chi connectivity index (χ4n) is 2.35. The number of rotatable bonds is 4. The summed E-state index contributed by atoms with van der Waals surface area (Å²) in [5.74, 6) is 0. The Hall–Kier alpha value is -2.07. The predicted octanol–water partition coefficient (Wildman–Crippen LogP) is 4.21. The highest BCUT2D eigenvalue weighted by Crippen LogP contribution is 2.32. The number of aromatic nitrogens is 2. The van der Waals surface area contributed by atoms with Crippen molar-refractivity contribution in [1.82, 2.24) is 9.55 Å². The topological polar surface area (TPSA) is 29.9 Å². The summed E-state index contributed by atoms with van der Waals surface area (Å²) in [5.41, 5.74) is 4.72. The molecule has 0 amide bonds. The first-order valence-corrected chi connectivity index (χ1v) is 7.43. The van der Waals surface area contributed by atoms with Gasteiger partial charge in [-0.1, -0.05) is 17.7 Å². The normalized spacial score (nSPS) is 10.9. The van der Waals surface area contributed by atoms with E-state index in [0.717, 1.165) is 17.4 Å². The zero-order valence-electron chi connectivity index (χ0n) is 11.7. The lowest BCUT2D eigenvalue weighted by Crippen LogP contribution is -1.96. The number of nitrogens with zero attached hydrogens (tertiary/aromatic N) is 2. The molecule has 0 aliphatic carbocycles. The minimum atomic E-state index is 0.738. The van der Waals surface area contributed by atoms with Crippen LogP contribution in [0.5, 0.6) is 0 Å². The van der Waals surface area contributed by atoms with Crippen molar-refractivity contribution < 1.29 is 0 Å². The van der Waals surface area contributed by atoms with E-state index in [0.29, 0.717) is 0 Å². The summed E-state index contributed by atoms with van der Waals surface area (Å²) in [4.78, 5) is 4.66. The highest BCUT2D eigenvalue weighted by molar-refractivity contribution is 7.14. The molecule has 0 bridgehead atoms. The first kappa shape index (κ1) is 12.9. The van der Waals surface area contributed by atoms with Crippen molar-refractivity contribution in [2.75, 3.05) is 11.9 Å². The van der Waals surface area contributed by atoms with Crippen molar-refractivity contribution >= 4 is 27.4 Å². The van der Waals surface area contributed by atoms with Crippen molar-refractivity contribution in [3.8, 4) is 11.3 Å². The molecule has 102 valence electrons. The van der Waals surface area contributed by atoms with Gasteiger partial charge in [0, 0.05) is 41.6 Å². The first-order chi connectivity index (χ1) is 9.69. The van der Waals surface area contributed by atoms with E-state index >= 15 is 0 Å². The van der Waals surface area contributed by atoms with Crippen LogP contribution in [0, 0.1) is 6.92 Å². The second kappa shape index (κ2) is 5.13. The van der Waals surface area contributed by atoms with Crippen LogP contribution >= 0.6 is 11.3 Å². The van der Waals surface area contributed by atoms with E-state index in [1.807, 2.05) is 6.08 Å². The maximum atomic E-state index is 4.66. The van der Waals surface area contributed by atoms with E-state index in [1.165, 1.54) is 22.0 Å². The van der Waals surface area contributed by atoms with Gasteiger partial charge in [-0.2, -0.15) is 0 Å². The summed E-state index contributed by atoms with van der Waals surface area (Å²) in [6.45, 7) is 6.56. The van der Waals surface area contributed by atoms with Crippen molar-refractivity contribution in [3.63, 3.8) is 0 Å². The van der Waals surface area contributed by atoms with Crippen molar-refractivity contribution in [3.05, 3.63) is 48.0 Å². The molecule has 3 rings (SSSR count). The van der Waals surface area contributed by atoms with E-state index in [-0.39, 0.29) is 0 Å². The summed E-state index contributed by atoms with van der Waals surface area (Å²) < 4.78 is 2.15. The molecule has 0 saturated heterocycles. The van der Waals surface area contributed by atoms with Gasteiger partial charge >= 0.3 is 0 Å². The Morgan fingerprint density at radius 3 is 3.10 bits per heavy atom. The number of anilines is 1. The molecule has 0 unspecified atom stereocenters. The minimum Gasteiger partial charge on any atom is -0.358 e. The second-order valence-electron chi connectivity index (χ2n) is 4.88. The fraction of sp³-hybridized carbons (Fsp3) is 0.188. The number of benzene rings is 1. The van der Waals surface area contributed by atoms with Crippen LogP contribution in [0.25, 0.3) is 22.2 Å². The zero-order valence-corrected chi connectivity index (χ0v) is 12.5. The molecule has 2 aromatic heterocycles. The quantitative estimate of drug-likeness (QED) is 0.727. The third-order valence-electron chi connectivity index (χ3n) is 3.32. The molecule has 3 nitrogen and oxygen atoms in total. The minimum absolute atomic E-state index is 0.738. The van der Waals surface area contributed by atoms with Crippen LogP contribution in [-0.4, -0.2) is 16.1 Å². The number of nitrogens with one attached hydrogen (secondary N) is 1. The standard InChI is InChI=1S/C16H17N3S/c1-4-7-17-16-18-14(10-20-16)13-9-19(3)15-6-5-11(2)8-12(13)15/h4-6,8-10H,1,7H2,2-3H3,(H,17,18). The Kier molecular flexibility index (Phi) is 3.32. The highest BCUT2D eigenvalue weighted by Gasteiger charge is 2.11. The van der Waals surface area contributed by atoms with E-state index in [9.17, 15) is 0 Å². The lowest BCUT2D eigenvalue weighted by atomic mass is 10.1. The molecule has 0 spiro atoms. The van der Waals surface area contributed by atoms with Crippen LogP contribution < -0.4 is 5.32 Å². The van der Waals surface area contributed by atoms with Gasteiger partial charge in [-0.25, -0.2) is 4.98 Å². The van der Waals surface area contributed by atoms with Crippen LogP contribution in [-0.2, 0) is 7.05 Å². The van der Waals surface area contributed by atoms with E-state index in [1.54, 1.807) is 11.3 Å². The molecule has 0 aliphatic heterocycles. The summed E-state index contributed by atoms with van der Waals surface area (Å²) in [6.07, 6.45) is 3.98. The van der Waals surface area contributed by atoms with Gasteiger partial charge < -0.3 is 9.88 Å². The maximum absolute atomic E-state index is 4.66. The summed E-state index contributed by atoms with van der Waals surface area (Å²) >= 11 is 1.63. The summed E-state index contributed by atoms with van der Waals surface area (Å²) in [5, 5.41) is 7.53. The Bertz CT molecular complexity index is 767. The van der Waals surface area contributed by atoms with E-state index < -0.39 is 0 Å². The predicted molar refractivity (Wildman–Crippen MR) is 87.5 cm³/mol. The third kappa shape index (κ3) is 2.23. The van der Waals surface area contributed by atoms with Gasteiger partial charge in [0.15, 0.2) is 5.13 Å². The molecule has 3 aromatic rings. The van der Waals surface area contributed by atoms with Crippen molar-refractivity contribution in [2.24, 2.45) is 7.05 Å². The molecule has 4 heteroatoms. The lowest BCUT2D eigenvalue weighted by Gasteiger charge is -1.98. The van der Waals surface area contributed by atoms with Crippen LogP contribution in [0.2, 0.25) is 0 Å². The van der Waals surface area contributed by atoms with Crippen LogP contribution in [0.3, 0.4) is 0 Å². The Labute approximate surface area is 122 Å². The molecule has 0 saturated carbocycles. The van der Waals surface area contributed by atoms with Crippen molar-refractivity contribution in [1.29, 1.82) is 0 Å². The summed E-state index contributed by atoms with van der Waals surface area (Å²) in [7, 11) is 2.07. The molecule has 0 atom stereocenters. The van der Waals surface area contributed by atoms with Crippen LogP contribution in [0.1, 0.15) is 5.56 Å². The summed E-state index contributed by atoms with van der Waals surface area (Å²) in [6, 6.07) is 6.53. The van der Waals surface area contributed by atoms with Gasteiger partial charge in [-0.05, 0) is 19.1 Å². The number of aryl methyl sites for hydroxylation is 2. The van der Waals surface area contributed by atoms with Crippen LogP contribution in [0.15, 0.2) is 42.4 Å². The first-order valence-electron chi connectivity index (χ1n) is 6.55. The van der Waals surface area contributed by atoms with Gasteiger partial charge in [-0.15, -0.1) is 17.9 Å². The maximum Gasteiger partial charge on any atom is 0.183 e. The largest absolute Gasteiger partial charge is 0.358 e. The van der Waals surface area contributed by atoms with Gasteiger partial charge in [-0.3, -0.25) is 0 Å². The molecule has 20 heavy (non-hydrogen) atoms. The Morgan fingerprint density at radius 2 is 2.30 bits per heavy atom. The zero-order chi connectivity index (χ0) is 14.1. The van der Waals surface area contributed by atoms with E-state index in [4.69, 9.17) is 0 Å². The molecule has 1 aromatic carbocycles. The second-order valence-corrected chi connectivity index (χ2v) is 5.74. The van der Waals surface area contributed by atoms with Crippen molar-refractivity contribution in [2.45, 2.75) is 6.92 Å². The lowest BCUT2D eigenvalue weighted by molar-refractivity contribution is 0.969. The Balaban J connectivity index is 2.07. The number of hydrogen-bond acceptors (Lipinski definition) is 3. The van der Waals surface area contributed by atoms with Gasteiger partial charge in [0.1, 0.15) is 0 Å². The molecule has 2 heterocycles. The van der Waals surface area contributed by atoms with Gasteiger partial charge in [0.2, 0.25) is 0 Å².